The monoisotopic (exact) mass is 365 g/mol. The maximum absolute atomic E-state index is 11.9. The van der Waals surface area contributed by atoms with E-state index in [4.69, 9.17) is 9.15 Å². The molecule has 0 fully saturated rings. The van der Waals surface area contributed by atoms with Crippen LogP contribution in [0.15, 0.2) is 59.0 Å². The molecule has 0 unspecified atom stereocenters. The quantitative estimate of drug-likeness (QED) is 0.629. The lowest BCUT2D eigenvalue weighted by Crippen LogP contribution is -2.30. The topological polar surface area (TPSA) is 77.2 Å². The molecule has 0 saturated heterocycles. The number of nitrogens with zero attached hydrogens (tertiary/aromatic N) is 2. The first-order chi connectivity index (χ1) is 13.2. The van der Waals surface area contributed by atoms with Crippen LogP contribution in [0.3, 0.4) is 0 Å². The van der Waals surface area contributed by atoms with Crippen molar-refractivity contribution in [3.8, 4) is 17.2 Å². The van der Waals surface area contributed by atoms with Gasteiger partial charge in [-0.1, -0.05) is 37.3 Å². The molecule has 0 radical (unpaired) electrons. The summed E-state index contributed by atoms with van der Waals surface area (Å²) in [4.78, 5) is 11.9. The zero-order valence-corrected chi connectivity index (χ0v) is 15.4. The third kappa shape index (κ3) is 5.67. The second-order valence-electron chi connectivity index (χ2n) is 6.15. The first-order valence-electron chi connectivity index (χ1n) is 9.11. The molecule has 0 aliphatic rings. The Morgan fingerprint density at radius 3 is 2.56 bits per heavy atom. The van der Waals surface area contributed by atoms with Gasteiger partial charge in [0.25, 0.3) is 5.91 Å². The summed E-state index contributed by atoms with van der Waals surface area (Å²) in [5.41, 5.74) is 2.02. The number of aryl methyl sites for hydroxylation is 1. The SMILES string of the molecule is CCCc1nnc(-c2ccc(OCC(=O)NCCc3ccccc3)cc2)o1. The van der Waals surface area contributed by atoms with Gasteiger partial charge in [0.15, 0.2) is 6.61 Å². The van der Waals surface area contributed by atoms with Crippen LogP contribution in [0.1, 0.15) is 24.8 Å². The van der Waals surface area contributed by atoms with Crippen molar-refractivity contribution in [1.82, 2.24) is 15.5 Å². The van der Waals surface area contributed by atoms with Gasteiger partial charge in [-0.3, -0.25) is 4.79 Å². The van der Waals surface area contributed by atoms with Crippen LogP contribution in [-0.2, 0) is 17.6 Å². The van der Waals surface area contributed by atoms with Gasteiger partial charge in [0.2, 0.25) is 11.8 Å². The lowest BCUT2D eigenvalue weighted by molar-refractivity contribution is -0.123. The number of rotatable bonds is 9. The van der Waals surface area contributed by atoms with E-state index >= 15 is 0 Å². The molecule has 3 rings (SSSR count). The Hall–Kier alpha value is -3.15. The van der Waals surface area contributed by atoms with Crippen LogP contribution in [0.4, 0.5) is 0 Å². The van der Waals surface area contributed by atoms with Gasteiger partial charge in [-0.25, -0.2) is 0 Å². The summed E-state index contributed by atoms with van der Waals surface area (Å²) in [5.74, 6) is 1.60. The van der Waals surface area contributed by atoms with Crippen molar-refractivity contribution in [1.29, 1.82) is 0 Å². The molecule has 0 aliphatic carbocycles. The van der Waals surface area contributed by atoms with Gasteiger partial charge >= 0.3 is 0 Å². The number of hydrogen-bond donors (Lipinski definition) is 1. The first-order valence-corrected chi connectivity index (χ1v) is 9.11. The summed E-state index contributed by atoms with van der Waals surface area (Å²) in [6.07, 6.45) is 2.53. The van der Waals surface area contributed by atoms with Crippen molar-refractivity contribution in [3.05, 3.63) is 66.1 Å². The molecule has 0 saturated carbocycles. The Morgan fingerprint density at radius 2 is 1.81 bits per heavy atom. The van der Waals surface area contributed by atoms with E-state index in [-0.39, 0.29) is 12.5 Å². The molecule has 0 spiro atoms. The average Bonchev–Trinajstić information content (AvgIpc) is 3.17. The Bertz CT molecular complexity index is 845. The number of hydrogen-bond acceptors (Lipinski definition) is 5. The van der Waals surface area contributed by atoms with Gasteiger partial charge in [0, 0.05) is 18.5 Å². The van der Waals surface area contributed by atoms with Crippen molar-refractivity contribution in [2.45, 2.75) is 26.2 Å². The Morgan fingerprint density at radius 1 is 1.04 bits per heavy atom. The highest BCUT2D eigenvalue weighted by Crippen LogP contribution is 2.21. The standard InChI is InChI=1S/C21H23N3O3/c1-2-6-20-23-24-21(27-20)17-9-11-18(12-10-17)26-15-19(25)22-14-13-16-7-4-3-5-8-16/h3-5,7-12H,2,6,13-15H2,1H3,(H,22,25). The van der Waals surface area contributed by atoms with Crippen LogP contribution < -0.4 is 10.1 Å². The summed E-state index contributed by atoms with van der Waals surface area (Å²) in [7, 11) is 0. The summed E-state index contributed by atoms with van der Waals surface area (Å²) in [5, 5.41) is 10.9. The molecular weight excluding hydrogens is 342 g/mol. The summed E-state index contributed by atoms with van der Waals surface area (Å²) in [6.45, 7) is 2.63. The Labute approximate surface area is 158 Å². The predicted octanol–water partition coefficient (Wildman–Crippen LogP) is 3.43. The smallest absolute Gasteiger partial charge is 0.257 e. The molecule has 0 bridgehead atoms. The van der Waals surface area contributed by atoms with Crippen LogP contribution in [0, 0.1) is 0 Å². The highest BCUT2D eigenvalue weighted by molar-refractivity contribution is 5.77. The Kier molecular flexibility index (Phi) is 6.57. The molecule has 1 amide bonds. The minimum Gasteiger partial charge on any atom is -0.484 e. The van der Waals surface area contributed by atoms with Crippen molar-refractivity contribution in [3.63, 3.8) is 0 Å². The number of carbonyl (C=O) groups excluding carboxylic acids is 1. The van der Waals surface area contributed by atoms with Crippen molar-refractivity contribution >= 4 is 5.91 Å². The molecule has 1 aromatic heterocycles. The molecule has 0 atom stereocenters. The number of nitrogens with one attached hydrogen (secondary N) is 1. The van der Waals surface area contributed by atoms with Crippen LogP contribution in [0.25, 0.3) is 11.5 Å². The number of aromatic nitrogens is 2. The van der Waals surface area contributed by atoms with E-state index in [0.29, 0.717) is 24.1 Å². The zero-order valence-electron chi connectivity index (χ0n) is 15.4. The van der Waals surface area contributed by atoms with Gasteiger partial charge < -0.3 is 14.5 Å². The molecule has 0 aliphatic heterocycles. The zero-order chi connectivity index (χ0) is 18.9. The number of ether oxygens (including phenoxy) is 1. The van der Waals surface area contributed by atoms with E-state index in [2.05, 4.69) is 22.4 Å². The van der Waals surface area contributed by atoms with Crippen molar-refractivity contribution < 1.29 is 13.9 Å². The van der Waals surface area contributed by atoms with Gasteiger partial charge in [-0.2, -0.15) is 0 Å². The van der Waals surface area contributed by atoms with Gasteiger partial charge in [0.1, 0.15) is 5.75 Å². The molecular formula is C21H23N3O3. The van der Waals surface area contributed by atoms with E-state index in [1.54, 1.807) is 12.1 Å². The number of amides is 1. The van der Waals surface area contributed by atoms with E-state index in [1.807, 2.05) is 42.5 Å². The summed E-state index contributed by atoms with van der Waals surface area (Å²) < 4.78 is 11.1. The van der Waals surface area contributed by atoms with Crippen LogP contribution in [-0.4, -0.2) is 29.3 Å². The van der Waals surface area contributed by atoms with Crippen LogP contribution in [0.2, 0.25) is 0 Å². The van der Waals surface area contributed by atoms with Crippen molar-refractivity contribution in [2.24, 2.45) is 0 Å². The van der Waals surface area contributed by atoms with E-state index in [1.165, 1.54) is 5.56 Å². The molecule has 6 nitrogen and oxygen atoms in total. The predicted molar refractivity (Wildman–Crippen MR) is 102 cm³/mol. The van der Waals surface area contributed by atoms with Gasteiger partial charge in [-0.05, 0) is 42.7 Å². The maximum Gasteiger partial charge on any atom is 0.257 e. The molecule has 6 heteroatoms. The first kappa shape index (κ1) is 18.6. The molecule has 27 heavy (non-hydrogen) atoms. The third-order valence-corrected chi connectivity index (χ3v) is 3.98. The highest BCUT2D eigenvalue weighted by Gasteiger charge is 2.08. The minimum absolute atomic E-state index is 0.0185. The second kappa shape index (κ2) is 9.52. The summed E-state index contributed by atoms with van der Waals surface area (Å²) in [6, 6.07) is 17.3. The minimum atomic E-state index is -0.142. The normalized spacial score (nSPS) is 10.6. The van der Waals surface area contributed by atoms with Crippen LogP contribution >= 0.6 is 0 Å². The lowest BCUT2D eigenvalue weighted by Gasteiger charge is -2.08. The Balaban J connectivity index is 1.43. The number of carbonyl (C=O) groups is 1. The van der Waals surface area contributed by atoms with E-state index in [9.17, 15) is 4.79 Å². The van der Waals surface area contributed by atoms with E-state index < -0.39 is 0 Å². The molecule has 1 heterocycles. The number of benzene rings is 2. The largest absolute Gasteiger partial charge is 0.484 e. The fourth-order valence-electron chi connectivity index (χ4n) is 2.57. The lowest BCUT2D eigenvalue weighted by atomic mass is 10.1. The maximum atomic E-state index is 11.9. The highest BCUT2D eigenvalue weighted by atomic mass is 16.5. The molecule has 1 N–H and O–H groups in total. The summed E-state index contributed by atoms with van der Waals surface area (Å²) >= 11 is 0. The fraction of sp³-hybridized carbons (Fsp3) is 0.286. The molecule has 2 aromatic carbocycles. The molecule has 3 aromatic rings. The molecule has 140 valence electrons. The average molecular weight is 365 g/mol. The fourth-order valence-corrected chi connectivity index (χ4v) is 2.57. The third-order valence-electron chi connectivity index (χ3n) is 3.98. The van der Waals surface area contributed by atoms with Gasteiger partial charge in [-0.15, -0.1) is 10.2 Å². The van der Waals surface area contributed by atoms with E-state index in [0.717, 1.165) is 24.8 Å². The van der Waals surface area contributed by atoms with Crippen LogP contribution in [0.5, 0.6) is 5.75 Å². The van der Waals surface area contributed by atoms with Crippen molar-refractivity contribution in [2.75, 3.05) is 13.2 Å². The second-order valence-corrected chi connectivity index (χ2v) is 6.15. The van der Waals surface area contributed by atoms with Gasteiger partial charge in [0.05, 0.1) is 0 Å².